The van der Waals surface area contributed by atoms with E-state index in [0.717, 1.165) is 38.3 Å². The number of methoxy groups -OCH3 is 1. The predicted octanol–water partition coefficient (Wildman–Crippen LogP) is 1.97. The third-order valence-corrected chi connectivity index (χ3v) is 5.66. The average molecular weight is 304 g/mol. The molecule has 2 aliphatic rings. The Morgan fingerprint density at radius 3 is 2.68 bits per heavy atom. The summed E-state index contributed by atoms with van der Waals surface area (Å²) < 4.78 is 5.22. The molecule has 1 aromatic carbocycles. The second-order valence-electron chi connectivity index (χ2n) is 6.95. The Bertz CT molecular complexity index is 490. The molecule has 1 aromatic rings. The lowest BCUT2D eigenvalue weighted by Gasteiger charge is -2.53. The molecule has 2 fully saturated rings. The molecule has 4 heteroatoms. The van der Waals surface area contributed by atoms with Crippen molar-refractivity contribution in [3.05, 3.63) is 29.8 Å². The Kier molecular flexibility index (Phi) is 4.71. The molecule has 0 bridgehead atoms. The number of aliphatic hydroxyl groups excluding tert-OH is 1. The van der Waals surface area contributed by atoms with Gasteiger partial charge in [-0.15, -0.1) is 0 Å². The first-order valence-electron chi connectivity index (χ1n) is 8.33. The minimum atomic E-state index is 0.128. The van der Waals surface area contributed by atoms with Crippen LogP contribution in [0.3, 0.4) is 0 Å². The largest absolute Gasteiger partial charge is 0.497 e. The summed E-state index contributed by atoms with van der Waals surface area (Å²) in [5, 5.41) is 9.97. The number of aliphatic hydroxyl groups is 1. The lowest BCUT2D eigenvalue weighted by Crippen LogP contribution is -2.61. The molecule has 22 heavy (non-hydrogen) atoms. The van der Waals surface area contributed by atoms with Gasteiger partial charge in [0.05, 0.1) is 13.7 Å². The van der Waals surface area contributed by atoms with Gasteiger partial charge < -0.3 is 14.7 Å². The van der Waals surface area contributed by atoms with Crippen LogP contribution in [-0.4, -0.2) is 61.3 Å². The second-order valence-corrected chi connectivity index (χ2v) is 6.95. The van der Waals surface area contributed by atoms with Crippen LogP contribution in [0.1, 0.15) is 24.8 Å². The van der Waals surface area contributed by atoms with Gasteiger partial charge in [-0.25, -0.2) is 0 Å². The molecule has 0 aliphatic carbocycles. The van der Waals surface area contributed by atoms with Gasteiger partial charge in [-0.05, 0) is 57.1 Å². The van der Waals surface area contributed by atoms with Crippen molar-refractivity contribution < 1.29 is 9.84 Å². The van der Waals surface area contributed by atoms with Crippen LogP contribution >= 0.6 is 0 Å². The van der Waals surface area contributed by atoms with Gasteiger partial charge in [0, 0.05) is 24.5 Å². The standard InChI is InChI=1S/C18H28N2O2/c1-19-10-3-8-18(14-21)9-11-20(13-17(18)19)12-15-4-6-16(22-2)7-5-15/h4-7,17,21H,3,8-14H2,1-2H3/t17-,18-/m1/s1. The summed E-state index contributed by atoms with van der Waals surface area (Å²) in [6, 6.07) is 8.85. The zero-order valence-electron chi connectivity index (χ0n) is 13.8. The monoisotopic (exact) mass is 304 g/mol. The van der Waals surface area contributed by atoms with E-state index in [9.17, 15) is 5.11 Å². The SMILES string of the molecule is COc1ccc(CN2CC[C@@]3(CO)CCCN(C)[C@@H]3C2)cc1. The summed E-state index contributed by atoms with van der Waals surface area (Å²) in [6.07, 6.45) is 3.50. The maximum atomic E-state index is 9.97. The molecule has 2 heterocycles. The fourth-order valence-corrected chi connectivity index (χ4v) is 4.21. The molecule has 0 radical (unpaired) electrons. The van der Waals surface area contributed by atoms with Crippen LogP contribution in [0.4, 0.5) is 0 Å². The van der Waals surface area contributed by atoms with Gasteiger partial charge in [-0.1, -0.05) is 12.1 Å². The molecule has 3 rings (SSSR count). The van der Waals surface area contributed by atoms with Gasteiger partial charge >= 0.3 is 0 Å². The number of likely N-dealkylation sites (tertiary alicyclic amines) is 2. The zero-order chi connectivity index (χ0) is 15.6. The van der Waals surface area contributed by atoms with E-state index in [4.69, 9.17) is 4.74 Å². The molecule has 0 spiro atoms. The van der Waals surface area contributed by atoms with Crippen LogP contribution in [0.25, 0.3) is 0 Å². The maximum absolute atomic E-state index is 9.97. The molecule has 2 saturated heterocycles. The highest BCUT2D eigenvalue weighted by atomic mass is 16.5. The summed E-state index contributed by atoms with van der Waals surface area (Å²) in [6.45, 7) is 4.61. The predicted molar refractivity (Wildman–Crippen MR) is 88.1 cm³/mol. The molecule has 122 valence electrons. The van der Waals surface area contributed by atoms with Gasteiger partial charge in [-0.3, -0.25) is 4.90 Å². The number of rotatable bonds is 4. The minimum absolute atomic E-state index is 0.128. The van der Waals surface area contributed by atoms with Crippen molar-refractivity contribution in [1.82, 2.24) is 9.80 Å². The van der Waals surface area contributed by atoms with Gasteiger partial charge in [0.1, 0.15) is 5.75 Å². The molecular weight excluding hydrogens is 276 g/mol. The van der Waals surface area contributed by atoms with Crippen molar-refractivity contribution in [2.24, 2.45) is 5.41 Å². The Morgan fingerprint density at radius 2 is 2.00 bits per heavy atom. The quantitative estimate of drug-likeness (QED) is 0.923. The second kappa shape index (κ2) is 6.57. The fraction of sp³-hybridized carbons (Fsp3) is 0.667. The highest BCUT2D eigenvalue weighted by Crippen LogP contribution is 2.41. The van der Waals surface area contributed by atoms with Crippen LogP contribution in [-0.2, 0) is 6.54 Å². The van der Waals surface area contributed by atoms with Gasteiger partial charge in [0.25, 0.3) is 0 Å². The molecule has 0 saturated carbocycles. The molecule has 0 unspecified atom stereocenters. The number of piperidine rings is 2. The lowest BCUT2D eigenvalue weighted by molar-refractivity contribution is -0.0684. The van der Waals surface area contributed by atoms with Gasteiger partial charge in [0.15, 0.2) is 0 Å². The number of hydrogen-bond donors (Lipinski definition) is 1. The summed E-state index contributed by atoms with van der Waals surface area (Å²) in [4.78, 5) is 4.99. The van der Waals surface area contributed by atoms with E-state index in [1.807, 2.05) is 12.1 Å². The summed E-state index contributed by atoms with van der Waals surface area (Å²) >= 11 is 0. The molecule has 4 nitrogen and oxygen atoms in total. The normalized spacial score (nSPS) is 30.0. The van der Waals surface area contributed by atoms with Crippen molar-refractivity contribution in [2.45, 2.75) is 31.8 Å². The van der Waals surface area contributed by atoms with E-state index in [0.29, 0.717) is 12.6 Å². The third-order valence-electron chi connectivity index (χ3n) is 5.66. The lowest BCUT2D eigenvalue weighted by atomic mass is 9.69. The first-order valence-corrected chi connectivity index (χ1v) is 8.33. The van der Waals surface area contributed by atoms with Gasteiger partial charge in [-0.2, -0.15) is 0 Å². The van der Waals surface area contributed by atoms with Crippen LogP contribution in [0, 0.1) is 5.41 Å². The van der Waals surface area contributed by atoms with Crippen molar-refractivity contribution >= 4 is 0 Å². The number of likely N-dealkylation sites (N-methyl/N-ethyl adjacent to an activating group) is 1. The third kappa shape index (κ3) is 3.00. The molecule has 1 N–H and O–H groups in total. The maximum Gasteiger partial charge on any atom is 0.118 e. The smallest absolute Gasteiger partial charge is 0.118 e. The number of nitrogens with zero attached hydrogens (tertiary/aromatic N) is 2. The van der Waals surface area contributed by atoms with E-state index in [-0.39, 0.29) is 5.41 Å². The van der Waals surface area contributed by atoms with Crippen molar-refractivity contribution in [3.8, 4) is 5.75 Å². The Hall–Kier alpha value is -1.10. The zero-order valence-corrected chi connectivity index (χ0v) is 13.8. The van der Waals surface area contributed by atoms with Crippen LogP contribution < -0.4 is 4.74 Å². The average Bonchev–Trinajstić information content (AvgIpc) is 2.56. The molecule has 0 aromatic heterocycles. The van der Waals surface area contributed by atoms with Crippen LogP contribution in [0.2, 0.25) is 0 Å². The molecule has 2 aliphatic heterocycles. The van der Waals surface area contributed by atoms with Crippen molar-refractivity contribution in [2.75, 3.05) is 40.4 Å². The fourth-order valence-electron chi connectivity index (χ4n) is 4.21. The Morgan fingerprint density at radius 1 is 1.23 bits per heavy atom. The number of ether oxygens (including phenoxy) is 1. The van der Waals surface area contributed by atoms with E-state index in [1.54, 1.807) is 7.11 Å². The van der Waals surface area contributed by atoms with E-state index >= 15 is 0 Å². The molecular formula is C18H28N2O2. The Labute approximate surface area is 133 Å². The first-order chi connectivity index (χ1) is 10.7. The highest BCUT2D eigenvalue weighted by Gasteiger charge is 2.46. The number of hydrogen-bond acceptors (Lipinski definition) is 4. The van der Waals surface area contributed by atoms with Crippen LogP contribution in [0.5, 0.6) is 5.75 Å². The first kappa shape index (κ1) is 15.8. The van der Waals surface area contributed by atoms with Crippen molar-refractivity contribution in [1.29, 1.82) is 0 Å². The number of benzene rings is 1. The molecule has 2 atom stereocenters. The van der Waals surface area contributed by atoms with Crippen molar-refractivity contribution in [3.63, 3.8) is 0 Å². The Balaban J connectivity index is 1.67. The molecule has 0 amide bonds. The van der Waals surface area contributed by atoms with E-state index in [1.165, 1.54) is 18.4 Å². The highest BCUT2D eigenvalue weighted by molar-refractivity contribution is 5.27. The minimum Gasteiger partial charge on any atom is -0.497 e. The van der Waals surface area contributed by atoms with E-state index < -0.39 is 0 Å². The van der Waals surface area contributed by atoms with Crippen LogP contribution in [0.15, 0.2) is 24.3 Å². The van der Waals surface area contributed by atoms with E-state index in [2.05, 4.69) is 29.0 Å². The summed E-state index contributed by atoms with van der Waals surface area (Å²) in [5.41, 5.74) is 1.46. The van der Waals surface area contributed by atoms with Gasteiger partial charge in [0.2, 0.25) is 0 Å². The summed E-state index contributed by atoms with van der Waals surface area (Å²) in [7, 11) is 3.91. The summed E-state index contributed by atoms with van der Waals surface area (Å²) in [5.74, 6) is 0.911. The topological polar surface area (TPSA) is 35.9 Å². The number of fused-ring (bicyclic) bond motifs is 1.